The van der Waals surface area contributed by atoms with Crippen molar-refractivity contribution >= 4 is 15.9 Å². The molecule has 1 unspecified atom stereocenters. The van der Waals surface area contributed by atoms with E-state index in [0.717, 1.165) is 12.8 Å². The lowest BCUT2D eigenvalue weighted by molar-refractivity contribution is 0.171. The van der Waals surface area contributed by atoms with Crippen molar-refractivity contribution in [1.29, 1.82) is 0 Å². The summed E-state index contributed by atoms with van der Waals surface area (Å²) in [6.07, 6.45) is 3.62. The van der Waals surface area contributed by atoms with Crippen LogP contribution < -0.4 is 0 Å². The molecule has 2 fully saturated rings. The van der Waals surface area contributed by atoms with Crippen LogP contribution in [0.1, 0.15) is 12.8 Å². The largest absolute Gasteiger partial charge is 0.388 e. The van der Waals surface area contributed by atoms with Gasteiger partial charge in [-0.05, 0) is 12.8 Å². The maximum atomic E-state index is 9.32. The molecule has 0 saturated heterocycles. The second-order valence-electron chi connectivity index (χ2n) is 3.16. The van der Waals surface area contributed by atoms with E-state index in [4.69, 9.17) is 0 Å². The van der Waals surface area contributed by atoms with Gasteiger partial charge in [-0.15, -0.1) is 6.58 Å². The topological polar surface area (TPSA) is 20.2 Å². The SMILES string of the molecule is C=CC(O)C12CC1(Br)C2. The van der Waals surface area contributed by atoms with Crippen LogP contribution in [0.15, 0.2) is 12.7 Å². The van der Waals surface area contributed by atoms with Gasteiger partial charge >= 0.3 is 0 Å². The highest BCUT2D eigenvalue weighted by Gasteiger charge is 2.84. The predicted octanol–water partition coefficient (Wildman–Crippen LogP) is 1.46. The molecule has 0 aromatic carbocycles. The van der Waals surface area contributed by atoms with E-state index in [1.54, 1.807) is 6.08 Å². The van der Waals surface area contributed by atoms with Gasteiger partial charge in [-0.2, -0.15) is 0 Å². The van der Waals surface area contributed by atoms with Crippen molar-refractivity contribution in [3.63, 3.8) is 0 Å². The molecule has 50 valence electrons. The first-order valence-corrected chi connectivity index (χ1v) is 3.93. The zero-order valence-corrected chi connectivity index (χ0v) is 6.69. The normalized spacial score (nSPS) is 55.8. The Labute approximate surface area is 62.9 Å². The fourth-order valence-electron chi connectivity index (χ4n) is 1.56. The fourth-order valence-corrected chi connectivity index (χ4v) is 2.79. The quantitative estimate of drug-likeness (QED) is 0.515. The van der Waals surface area contributed by atoms with Crippen LogP contribution >= 0.6 is 15.9 Å². The third kappa shape index (κ3) is 0.493. The summed E-state index contributed by atoms with van der Waals surface area (Å²) in [7, 11) is 0. The van der Waals surface area contributed by atoms with Gasteiger partial charge in [0.05, 0.1) is 6.10 Å². The summed E-state index contributed by atoms with van der Waals surface area (Å²) in [5.74, 6) is 0. The van der Waals surface area contributed by atoms with Gasteiger partial charge < -0.3 is 5.11 Å². The van der Waals surface area contributed by atoms with Crippen LogP contribution in [0.2, 0.25) is 0 Å². The van der Waals surface area contributed by atoms with Crippen molar-refractivity contribution in [1.82, 2.24) is 0 Å². The molecule has 1 N–H and O–H groups in total. The number of fused-ring (bicyclic) bond motifs is 1. The monoisotopic (exact) mass is 188 g/mol. The Morgan fingerprint density at radius 3 is 2.22 bits per heavy atom. The molecular weight excluding hydrogens is 180 g/mol. The summed E-state index contributed by atoms with van der Waals surface area (Å²) >= 11 is 3.55. The van der Waals surface area contributed by atoms with Crippen molar-refractivity contribution in [2.75, 3.05) is 0 Å². The minimum absolute atomic E-state index is 0.217. The summed E-state index contributed by atoms with van der Waals surface area (Å²) in [6.45, 7) is 3.55. The molecule has 0 aromatic heterocycles. The molecule has 2 saturated carbocycles. The van der Waals surface area contributed by atoms with E-state index in [1.807, 2.05) is 0 Å². The molecule has 0 aromatic rings. The van der Waals surface area contributed by atoms with Crippen molar-refractivity contribution in [2.45, 2.75) is 23.3 Å². The van der Waals surface area contributed by atoms with E-state index in [-0.39, 0.29) is 11.5 Å². The number of alkyl halides is 1. The van der Waals surface area contributed by atoms with Crippen molar-refractivity contribution < 1.29 is 5.11 Å². The Bertz CT molecular complexity index is 170. The van der Waals surface area contributed by atoms with Crippen molar-refractivity contribution in [3.05, 3.63) is 12.7 Å². The lowest BCUT2D eigenvalue weighted by atomic mass is 10.1. The number of hydrogen-bond donors (Lipinski definition) is 1. The van der Waals surface area contributed by atoms with Gasteiger partial charge in [0.1, 0.15) is 0 Å². The fraction of sp³-hybridized carbons (Fsp3) is 0.714. The lowest BCUT2D eigenvalue weighted by Gasteiger charge is -2.04. The van der Waals surface area contributed by atoms with Crippen LogP contribution in [-0.2, 0) is 0 Å². The van der Waals surface area contributed by atoms with E-state index in [1.165, 1.54) is 0 Å². The van der Waals surface area contributed by atoms with Gasteiger partial charge in [0.15, 0.2) is 0 Å². The highest BCUT2D eigenvalue weighted by molar-refractivity contribution is 9.10. The number of rotatable bonds is 2. The van der Waals surface area contributed by atoms with Gasteiger partial charge in [0, 0.05) is 9.74 Å². The van der Waals surface area contributed by atoms with E-state index >= 15 is 0 Å². The molecule has 0 amide bonds. The summed E-state index contributed by atoms with van der Waals surface area (Å²) in [5.41, 5.74) is 0.217. The first-order chi connectivity index (χ1) is 4.15. The van der Waals surface area contributed by atoms with E-state index in [2.05, 4.69) is 22.5 Å². The Balaban J connectivity index is 2.11. The molecule has 2 heteroatoms. The third-order valence-electron chi connectivity index (χ3n) is 2.62. The molecule has 0 aliphatic heterocycles. The van der Waals surface area contributed by atoms with Crippen molar-refractivity contribution in [2.24, 2.45) is 5.41 Å². The summed E-state index contributed by atoms with van der Waals surface area (Å²) in [4.78, 5) is 0. The number of aliphatic hydroxyl groups excluding tert-OH is 1. The van der Waals surface area contributed by atoms with Gasteiger partial charge in [-0.25, -0.2) is 0 Å². The van der Waals surface area contributed by atoms with Gasteiger partial charge in [-0.1, -0.05) is 22.0 Å². The number of aliphatic hydroxyl groups is 1. The van der Waals surface area contributed by atoms with Crippen LogP contribution in [0.3, 0.4) is 0 Å². The number of hydrogen-bond acceptors (Lipinski definition) is 1. The minimum Gasteiger partial charge on any atom is -0.388 e. The van der Waals surface area contributed by atoms with E-state index < -0.39 is 0 Å². The third-order valence-corrected chi connectivity index (χ3v) is 3.97. The molecule has 2 rings (SSSR count). The Morgan fingerprint density at radius 2 is 2.11 bits per heavy atom. The average molecular weight is 189 g/mol. The van der Waals surface area contributed by atoms with Crippen LogP contribution in [0.25, 0.3) is 0 Å². The molecule has 0 heterocycles. The second-order valence-corrected chi connectivity index (χ2v) is 4.67. The molecule has 9 heavy (non-hydrogen) atoms. The minimum atomic E-state index is -0.281. The predicted molar refractivity (Wildman–Crippen MR) is 39.5 cm³/mol. The molecular formula is C7H9BrO. The lowest BCUT2D eigenvalue weighted by Crippen LogP contribution is -2.09. The van der Waals surface area contributed by atoms with Crippen LogP contribution in [-0.4, -0.2) is 15.5 Å². The van der Waals surface area contributed by atoms with E-state index in [0.29, 0.717) is 4.32 Å². The summed E-state index contributed by atoms with van der Waals surface area (Å²) in [5, 5.41) is 9.32. The standard InChI is InChI=1S/C7H9BrO/c1-2-5(9)6-3-7(6,8)4-6/h2,5,9H,1,3-4H2. The zero-order valence-electron chi connectivity index (χ0n) is 5.10. The van der Waals surface area contributed by atoms with Gasteiger partial charge in [0.25, 0.3) is 0 Å². The maximum absolute atomic E-state index is 9.32. The molecule has 0 bridgehead atoms. The van der Waals surface area contributed by atoms with Crippen LogP contribution in [0.4, 0.5) is 0 Å². The Hall–Kier alpha value is 0.180. The van der Waals surface area contributed by atoms with Gasteiger partial charge in [-0.3, -0.25) is 0 Å². The van der Waals surface area contributed by atoms with Crippen LogP contribution in [0, 0.1) is 5.41 Å². The molecule has 2 aliphatic carbocycles. The smallest absolute Gasteiger partial charge is 0.0788 e. The Kier molecular flexibility index (Phi) is 0.840. The Morgan fingerprint density at radius 1 is 1.67 bits per heavy atom. The summed E-state index contributed by atoms with van der Waals surface area (Å²) < 4.78 is 0.327. The van der Waals surface area contributed by atoms with Crippen LogP contribution in [0.5, 0.6) is 0 Å². The molecule has 1 nitrogen and oxygen atoms in total. The van der Waals surface area contributed by atoms with Gasteiger partial charge in [0.2, 0.25) is 0 Å². The van der Waals surface area contributed by atoms with Crippen molar-refractivity contribution in [3.8, 4) is 0 Å². The molecule has 2 aliphatic rings. The summed E-state index contributed by atoms with van der Waals surface area (Å²) in [6, 6.07) is 0. The second kappa shape index (κ2) is 1.28. The maximum Gasteiger partial charge on any atom is 0.0788 e. The average Bonchev–Trinajstić information content (AvgIpc) is 2.51. The number of halogens is 1. The molecule has 0 radical (unpaired) electrons. The first kappa shape index (κ1) is 5.93. The molecule has 0 spiro atoms. The first-order valence-electron chi connectivity index (χ1n) is 3.14. The van der Waals surface area contributed by atoms with E-state index in [9.17, 15) is 5.11 Å². The highest BCUT2D eigenvalue weighted by Crippen LogP contribution is 2.85. The zero-order chi connectivity index (χ0) is 6.70. The highest BCUT2D eigenvalue weighted by atomic mass is 79.9. The molecule has 1 atom stereocenters.